The van der Waals surface area contributed by atoms with Crippen molar-refractivity contribution >= 4 is 5.97 Å². The first kappa shape index (κ1) is 27.5. The van der Waals surface area contributed by atoms with Crippen molar-refractivity contribution in [2.24, 2.45) is 28.1 Å². The quantitative estimate of drug-likeness (QED) is 0.292. The minimum absolute atomic E-state index is 0.0537. The van der Waals surface area contributed by atoms with E-state index in [2.05, 4.69) is 83.1 Å². The fraction of sp³-hybridized carbons (Fsp3) is 0.962. The van der Waals surface area contributed by atoms with Crippen molar-refractivity contribution in [3.63, 3.8) is 0 Å². The van der Waals surface area contributed by atoms with E-state index in [1.54, 1.807) is 0 Å². The number of carbonyl (C=O) groups excluding carboxylic acids is 1. The predicted molar refractivity (Wildman–Crippen MR) is 124 cm³/mol. The Balaban J connectivity index is 6.47. The molecule has 0 aromatic rings. The van der Waals surface area contributed by atoms with Crippen molar-refractivity contribution in [1.29, 1.82) is 0 Å². The monoisotopic (exact) mass is 396 g/mol. The van der Waals surface area contributed by atoms with Gasteiger partial charge in [0.2, 0.25) is 0 Å². The van der Waals surface area contributed by atoms with Crippen LogP contribution in [0.3, 0.4) is 0 Å². The van der Waals surface area contributed by atoms with Crippen molar-refractivity contribution in [1.82, 2.24) is 0 Å². The SMILES string of the molecule is CCC(C)C(CC)(C(=O)OC(CC)(CC)C(C)C)C(C)(CC)CC(C)(C)CC. The molecule has 0 heterocycles. The molecule has 0 fully saturated rings. The van der Waals surface area contributed by atoms with Gasteiger partial charge in [-0.05, 0) is 54.8 Å². The number of hydrogen-bond acceptors (Lipinski definition) is 2. The Morgan fingerprint density at radius 2 is 1.29 bits per heavy atom. The normalized spacial score (nSPS) is 18.5. The van der Waals surface area contributed by atoms with Crippen LogP contribution in [-0.4, -0.2) is 11.6 Å². The Morgan fingerprint density at radius 1 is 0.786 bits per heavy atom. The summed E-state index contributed by atoms with van der Waals surface area (Å²) in [6.45, 7) is 27.0. The minimum Gasteiger partial charge on any atom is -0.458 e. The van der Waals surface area contributed by atoms with Crippen LogP contribution in [0.15, 0.2) is 0 Å². The molecular formula is C26H52O2. The lowest BCUT2D eigenvalue weighted by atomic mass is 9.51. The highest BCUT2D eigenvalue weighted by Crippen LogP contribution is 2.57. The molecule has 0 aliphatic rings. The smallest absolute Gasteiger partial charge is 0.313 e. The molecule has 0 bridgehead atoms. The Kier molecular flexibility index (Phi) is 10.3. The average molecular weight is 397 g/mol. The highest BCUT2D eigenvalue weighted by Gasteiger charge is 2.57. The van der Waals surface area contributed by atoms with Gasteiger partial charge in [0.25, 0.3) is 0 Å². The number of carbonyl (C=O) groups is 1. The van der Waals surface area contributed by atoms with Gasteiger partial charge in [-0.15, -0.1) is 0 Å². The lowest BCUT2D eigenvalue weighted by Crippen LogP contribution is -2.55. The highest BCUT2D eigenvalue weighted by molar-refractivity contribution is 5.79. The van der Waals surface area contributed by atoms with E-state index >= 15 is 0 Å². The Morgan fingerprint density at radius 3 is 1.57 bits per heavy atom. The zero-order valence-corrected chi connectivity index (χ0v) is 21.4. The molecule has 2 nitrogen and oxygen atoms in total. The van der Waals surface area contributed by atoms with E-state index in [-0.39, 0.29) is 22.4 Å². The summed E-state index contributed by atoms with van der Waals surface area (Å²) >= 11 is 0. The molecule has 0 spiro atoms. The van der Waals surface area contributed by atoms with Crippen LogP contribution < -0.4 is 0 Å². The van der Waals surface area contributed by atoms with Gasteiger partial charge < -0.3 is 4.74 Å². The van der Waals surface area contributed by atoms with Crippen LogP contribution in [0.4, 0.5) is 0 Å². The molecule has 2 heteroatoms. The van der Waals surface area contributed by atoms with E-state index in [0.29, 0.717) is 11.8 Å². The molecule has 0 aromatic heterocycles. The van der Waals surface area contributed by atoms with Crippen LogP contribution in [0.25, 0.3) is 0 Å². The molecule has 0 aliphatic heterocycles. The zero-order valence-electron chi connectivity index (χ0n) is 21.4. The number of ether oxygens (including phenoxy) is 1. The largest absolute Gasteiger partial charge is 0.458 e. The van der Waals surface area contributed by atoms with Crippen LogP contribution in [0, 0.1) is 28.1 Å². The van der Waals surface area contributed by atoms with E-state index in [0.717, 1.165) is 44.9 Å². The standard InChI is InChI=1S/C26H52O2/c1-13-21(9)26(18-6,24(12,15-3)19-23(10,11)14-2)22(27)28-25(16-4,17-5)20(7)8/h20-21H,13-19H2,1-12H3. The fourth-order valence-electron chi connectivity index (χ4n) is 5.69. The summed E-state index contributed by atoms with van der Waals surface area (Å²) in [6, 6.07) is 0. The van der Waals surface area contributed by atoms with Crippen LogP contribution >= 0.6 is 0 Å². The predicted octanol–water partition coefficient (Wildman–Crippen LogP) is 8.43. The molecule has 3 atom stereocenters. The second-order valence-corrected chi connectivity index (χ2v) is 10.6. The Hall–Kier alpha value is -0.530. The summed E-state index contributed by atoms with van der Waals surface area (Å²) in [6.07, 6.45) is 6.75. The van der Waals surface area contributed by atoms with Gasteiger partial charge in [0.15, 0.2) is 0 Å². The van der Waals surface area contributed by atoms with Gasteiger partial charge >= 0.3 is 5.97 Å². The van der Waals surface area contributed by atoms with Gasteiger partial charge in [0, 0.05) is 0 Å². The van der Waals surface area contributed by atoms with E-state index in [1.807, 2.05) is 0 Å². The van der Waals surface area contributed by atoms with E-state index in [4.69, 9.17) is 4.74 Å². The van der Waals surface area contributed by atoms with Gasteiger partial charge in [0.1, 0.15) is 5.60 Å². The molecule has 0 saturated carbocycles. The van der Waals surface area contributed by atoms with Crippen molar-refractivity contribution < 1.29 is 9.53 Å². The molecule has 3 unspecified atom stereocenters. The second kappa shape index (κ2) is 10.5. The van der Waals surface area contributed by atoms with Crippen molar-refractivity contribution in [2.75, 3.05) is 0 Å². The number of esters is 1. The number of hydrogen-bond donors (Lipinski definition) is 0. The third kappa shape index (κ3) is 5.14. The first-order valence-corrected chi connectivity index (χ1v) is 12.0. The van der Waals surface area contributed by atoms with Crippen LogP contribution in [0.2, 0.25) is 0 Å². The van der Waals surface area contributed by atoms with Crippen molar-refractivity contribution in [3.8, 4) is 0 Å². The number of rotatable bonds is 13. The molecule has 0 saturated heterocycles. The van der Waals surface area contributed by atoms with Crippen LogP contribution in [0.5, 0.6) is 0 Å². The van der Waals surface area contributed by atoms with Gasteiger partial charge in [-0.25, -0.2) is 0 Å². The molecule has 28 heavy (non-hydrogen) atoms. The Labute approximate surface area is 177 Å². The summed E-state index contributed by atoms with van der Waals surface area (Å²) in [5.41, 5.74) is -0.686. The maximum absolute atomic E-state index is 14.1. The molecule has 0 aromatic carbocycles. The molecular weight excluding hydrogens is 344 g/mol. The third-order valence-corrected chi connectivity index (χ3v) is 8.60. The maximum Gasteiger partial charge on any atom is 0.313 e. The maximum atomic E-state index is 14.1. The van der Waals surface area contributed by atoms with Crippen LogP contribution in [0.1, 0.15) is 128 Å². The van der Waals surface area contributed by atoms with E-state index in [9.17, 15) is 4.79 Å². The Bertz CT molecular complexity index is 475. The average Bonchev–Trinajstić information content (AvgIpc) is 2.65. The first-order valence-electron chi connectivity index (χ1n) is 12.0. The molecule has 168 valence electrons. The summed E-state index contributed by atoms with van der Waals surface area (Å²) in [7, 11) is 0. The minimum atomic E-state index is -0.451. The summed E-state index contributed by atoms with van der Waals surface area (Å²) in [5.74, 6) is 0.664. The lowest BCUT2D eigenvalue weighted by Gasteiger charge is -2.54. The fourth-order valence-corrected chi connectivity index (χ4v) is 5.69. The molecule has 0 aliphatic carbocycles. The second-order valence-electron chi connectivity index (χ2n) is 10.6. The molecule has 0 rings (SSSR count). The highest BCUT2D eigenvalue weighted by atomic mass is 16.6. The summed E-state index contributed by atoms with van der Waals surface area (Å²) in [4.78, 5) is 14.1. The van der Waals surface area contributed by atoms with Gasteiger partial charge in [-0.3, -0.25) is 4.79 Å². The first-order chi connectivity index (χ1) is 12.8. The molecule has 0 radical (unpaired) electrons. The van der Waals surface area contributed by atoms with Gasteiger partial charge in [0.05, 0.1) is 5.41 Å². The summed E-state index contributed by atoms with van der Waals surface area (Å²) < 4.78 is 6.53. The molecule has 0 N–H and O–H groups in total. The topological polar surface area (TPSA) is 26.3 Å². The van der Waals surface area contributed by atoms with Gasteiger partial charge in [-0.1, -0.05) is 95.9 Å². The zero-order chi connectivity index (χ0) is 22.4. The van der Waals surface area contributed by atoms with E-state index < -0.39 is 5.41 Å². The third-order valence-electron chi connectivity index (χ3n) is 8.60. The van der Waals surface area contributed by atoms with Crippen molar-refractivity contribution in [2.45, 2.75) is 134 Å². The van der Waals surface area contributed by atoms with Crippen LogP contribution in [-0.2, 0) is 9.53 Å². The van der Waals surface area contributed by atoms with E-state index in [1.165, 1.54) is 0 Å². The van der Waals surface area contributed by atoms with Gasteiger partial charge in [-0.2, -0.15) is 0 Å². The van der Waals surface area contributed by atoms with Crippen molar-refractivity contribution in [3.05, 3.63) is 0 Å². The molecule has 0 amide bonds. The lowest BCUT2D eigenvalue weighted by molar-refractivity contribution is -0.197. The summed E-state index contributed by atoms with van der Waals surface area (Å²) in [5, 5.41) is 0.